The van der Waals surface area contributed by atoms with E-state index in [1.165, 1.54) is 48.6 Å². The second-order valence-electron chi connectivity index (χ2n) is 14.2. The molecular formula is C40H41N3O5S. The van der Waals surface area contributed by atoms with E-state index in [-0.39, 0.29) is 10.4 Å². The van der Waals surface area contributed by atoms with E-state index >= 15 is 0 Å². The summed E-state index contributed by atoms with van der Waals surface area (Å²) in [6.45, 7) is 7.50. The maximum atomic E-state index is 13.8. The molecule has 0 amide bonds. The third-order valence-corrected chi connectivity index (χ3v) is 11.8. The number of ether oxygens (including phenoxy) is 1. The maximum absolute atomic E-state index is 13.8. The minimum atomic E-state index is -4.07. The van der Waals surface area contributed by atoms with E-state index in [0.29, 0.717) is 44.9 Å². The number of aliphatic hydroxyl groups is 1. The smallest absolute Gasteiger partial charge is 0.275 e. The molecule has 0 atom stereocenters. The molecule has 9 heteroatoms. The molecule has 2 fully saturated rings. The van der Waals surface area contributed by atoms with E-state index in [9.17, 15) is 18.3 Å². The number of aromatic nitrogens is 2. The van der Waals surface area contributed by atoms with Gasteiger partial charge in [0.05, 0.1) is 10.5 Å². The van der Waals surface area contributed by atoms with Crippen molar-refractivity contribution in [2.24, 2.45) is 18.4 Å². The second-order valence-corrected chi connectivity index (χ2v) is 16.0. The molecule has 1 aliphatic heterocycles. The SMILES string of the molecule is Cc1ccc(S(=O)(=O)n2ccc3c(-c4cc(C(C)(C)O)ccc4Oc4ccc(C#CC5CC6(CCNCC6)C5)cc4)cn(C)c(=O)c32)cc1. The highest BCUT2D eigenvalue weighted by Crippen LogP contribution is 2.51. The van der Waals surface area contributed by atoms with Crippen LogP contribution in [-0.2, 0) is 22.7 Å². The summed E-state index contributed by atoms with van der Waals surface area (Å²) < 4.78 is 36.4. The molecule has 2 aromatic heterocycles. The van der Waals surface area contributed by atoms with Crippen molar-refractivity contribution in [3.05, 3.63) is 112 Å². The van der Waals surface area contributed by atoms with Crippen molar-refractivity contribution in [2.75, 3.05) is 13.1 Å². The predicted molar refractivity (Wildman–Crippen MR) is 192 cm³/mol. The molecule has 1 saturated carbocycles. The standard InChI is InChI=1S/C40H41N3O5S/c1-27-5-14-32(15-6-27)49(46,47)43-22-17-33-35(26-42(4)38(44)37(33)43)34-23-30(39(2,3)45)11-16-36(34)48-31-12-9-28(10-13-31)7-8-29-24-40(25-29)18-20-41-21-19-40/h5-6,9-17,22-23,26,29,41,45H,18-21,24-25H2,1-4H3. The van der Waals surface area contributed by atoms with Crippen LogP contribution in [0.1, 0.15) is 56.2 Å². The zero-order valence-corrected chi connectivity index (χ0v) is 29.1. The van der Waals surface area contributed by atoms with E-state index in [4.69, 9.17) is 4.74 Å². The summed E-state index contributed by atoms with van der Waals surface area (Å²) in [5.74, 6) is 8.36. The topological polar surface area (TPSA) is 103 Å². The van der Waals surface area contributed by atoms with Gasteiger partial charge in [-0.25, -0.2) is 12.4 Å². The van der Waals surface area contributed by atoms with Gasteiger partial charge in [-0.05, 0) is 125 Å². The summed E-state index contributed by atoms with van der Waals surface area (Å²) in [5, 5.41) is 14.8. The Morgan fingerprint density at radius 1 is 0.959 bits per heavy atom. The molecule has 8 nitrogen and oxygen atoms in total. The number of hydrogen-bond donors (Lipinski definition) is 2. The Morgan fingerprint density at radius 2 is 1.65 bits per heavy atom. The van der Waals surface area contributed by atoms with Crippen LogP contribution in [0.25, 0.3) is 22.0 Å². The van der Waals surface area contributed by atoms with Gasteiger partial charge in [-0.15, -0.1) is 0 Å². The largest absolute Gasteiger partial charge is 0.457 e. The molecule has 252 valence electrons. The summed E-state index contributed by atoms with van der Waals surface area (Å²) in [6.07, 6.45) is 7.97. The van der Waals surface area contributed by atoms with Crippen LogP contribution in [0, 0.1) is 30.1 Å². The number of fused-ring (bicyclic) bond motifs is 1. The number of nitrogens with one attached hydrogen (secondary N) is 1. The molecule has 0 unspecified atom stereocenters. The van der Waals surface area contributed by atoms with E-state index < -0.39 is 21.2 Å². The van der Waals surface area contributed by atoms with Gasteiger partial charge in [0.1, 0.15) is 17.0 Å². The molecule has 5 aromatic rings. The third kappa shape index (κ3) is 6.32. The van der Waals surface area contributed by atoms with Gasteiger partial charge in [0, 0.05) is 47.4 Å². The fourth-order valence-corrected chi connectivity index (χ4v) is 8.50. The first kappa shape index (κ1) is 32.9. The molecule has 1 spiro atoms. The van der Waals surface area contributed by atoms with Crippen LogP contribution in [0.4, 0.5) is 0 Å². The zero-order chi connectivity index (χ0) is 34.6. The van der Waals surface area contributed by atoms with Crippen molar-refractivity contribution < 1.29 is 18.3 Å². The van der Waals surface area contributed by atoms with Gasteiger partial charge in [-0.2, -0.15) is 0 Å². The number of aryl methyl sites for hydroxylation is 2. The van der Waals surface area contributed by atoms with Crippen LogP contribution in [0.3, 0.4) is 0 Å². The molecular weight excluding hydrogens is 635 g/mol. The van der Waals surface area contributed by atoms with E-state index in [1.54, 1.807) is 57.4 Å². The summed E-state index contributed by atoms with van der Waals surface area (Å²) in [7, 11) is -2.47. The van der Waals surface area contributed by atoms with Gasteiger partial charge in [0.25, 0.3) is 15.6 Å². The molecule has 0 bridgehead atoms. The van der Waals surface area contributed by atoms with Crippen molar-refractivity contribution in [3.8, 4) is 34.5 Å². The van der Waals surface area contributed by atoms with Crippen LogP contribution in [0.15, 0.2) is 94.9 Å². The van der Waals surface area contributed by atoms with Gasteiger partial charge < -0.3 is 19.7 Å². The molecule has 49 heavy (non-hydrogen) atoms. The highest BCUT2D eigenvalue weighted by Gasteiger charge is 2.43. The number of nitrogens with zero attached hydrogens (tertiary/aromatic N) is 2. The Hall–Kier alpha value is -4.62. The van der Waals surface area contributed by atoms with Crippen LogP contribution in [0.2, 0.25) is 0 Å². The van der Waals surface area contributed by atoms with Crippen molar-refractivity contribution in [3.63, 3.8) is 0 Å². The quantitative estimate of drug-likeness (QED) is 0.194. The maximum Gasteiger partial charge on any atom is 0.275 e. The molecule has 2 aliphatic rings. The highest BCUT2D eigenvalue weighted by molar-refractivity contribution is 7.90. The predicted octanol–water partition coefficient (Wildman–Crippen LogP) is 6.70. The normalized spacial score (nSPS) is 16.3. The molecule has 1 saturated heterocycles. The molecule has 1 aliphatic carbocycles. The summed E-state index contributed by atoms with van der Waals surface area (Å²) in [5.41, 5.74) is 2.58. The van der Waals surface area contributed by atoms with Crippen molar-refractivity contribution in [1.29, 1.82) is 0 Å². The average molecular weight is 676 g/mol. The van der Waals surface area contributed by atoms with Gasteiger partial charge in [-0.3, -0.25) is 4.79 Å². The van der Waals surface area contributed by atoms with Gasteiger partial charge in [-0.1, -0.05) is 35.6 Å². The van der Waals surface area contributed by atoms with E-state index in [2.05, 4.69) is 17.2 Å². The first-order valence-corrected chi connectivity index (χ1v) is 18.2. The molecule has 3 aromatic carbocycles. The lowest BCUT2D eigenvalue weighted by Crippen LogP contribution is -2.45. The van der Waals surface area contributed by atoms with E-state index in [1.807, 2.05) is 37.3 Å². The summed E-state index contributed by atoms with van der Waals surface area (Å²) >= 11 is 0. The minimum absolute atomic E-state index is 0.0284. The Balaban J connectivity index is 1.23. The van der Waals surface area contributed by atoms with Crippen LogP contribution in [0.5, 0.6) is 11.5 Å². The van der Waals surface area contributed by atoms with Crippen LogP contribution in [-0.4, -0.2) is 35.2 Å². The number of rotatable bonds is 6. The number of piperidine rings is 1. The minimum Gasteiger partial charge on any atom is -0.457 e. The lowest BCUT2D eigenvalue weighted by atomic mass is 9.58. The molecule has 2 N–H and O–H groups in total. The summed E-state index contributed by atoms with van der Waals surface area (Å²) in [4.78, 5) is 13.6. The zero-order valence-electron chi connectivity index (χ0n) is 28.3. The van der Waals surface area contributed by atoms with Crippen LogP contribution >= 0.6 is 0 Å². The second kappa shape index (κ2) is 12.4. The van der Waals surface area contributed by atoms with Crippen molar-refractivity contribution in [1.82, 2.24) is 13.9 Å². The van der Waals surface area contributed by atoms with Gasteiger partial charge in [0.15, 0.2) is 0 Å². The summed E-state index contributed by atoms with van der Waals surface area (Å²) in [6, 6.07) is 21.3. The third-order valence-electron chi connectivity index (χ3n) is 10.1. The van der Waals surface area contributed by atoms with E-state index in [0.717, 1.165) is 28.2 Å². The van der Waals surface area contributed by atoms with Crippen molar-refractivity contribution in [2.45, 2.75) is 57.0 Å². The van der Waals surface area contributed by atoms with Crippen LogP contribution < -0.4 is 15.6 Å². The number of pyridine rings is 1. The monoisotopic (exact) mass is 675 g/mol. The fourth-order valence-electron chi connectivity index (χ4n) is 7.15. The number of hydrogen-bond acceptors (Lipinski definition) is 6. The molecule has 3 heterocycles. The van der Waals surface area contributed by atoms with Gasteiger partial charge in [0.2, 0.25) is 0 Å². The Labute approximate surface area is 287 Å². The first-order valence-electron chi connectivity index (χ1n) is 16.7. The number of benzene rings is 3. The Morgan fingerprint density at radius 3 is 2.33 bits per heavy atom. The highest BCUT2D eigenvalue weighted by atomic mass is 32.2. The Bertz CT molecular complexity index is 2270. The lowest BCUT2D eigenvalue weighted by Gasteiger charge is -2.48. The molecule has 0 radical (unpaired) electrons. The molecule has 7 rings (SSSR count). The fraction of sp³-hybridized carbons (Fsp3) is 0.325. The van der Waals surface area contributed by atoms with Crippen molar-refractivity contribution >= 4 is 20.9 Å². The average Bonchev–Trinajstić information content (AvgIpc) is 3.52. The van der Waals surface area contributed by atoms with Gasteiger partial charge >= 0.3 is 0 Å². The lowest BCUT2D eigenvalue weighted by molar-refractivity contribution is 0.0501. The Kier molecular flexibility index (Phi) is 8.30. The first-order chi connectivity index (χ1) is 23.3.